The van der Waals surface area contributed by atoms with Gasteiger partial charge in [-0.05, 0) is 12.1 Å². The maximum atomic E-state index is 11.0. The third-order valence-electron chi connectivity index (χ3n) is 1.95. The summed E-state index contributed by atoms with van der Waals surface area (Å²) < 4.78 is 5.68. The van der Waals surface area contributed by atoms with E-state index in [4.69, 9.17) is 0 Å². The fraction of sp³-hybridized carbons (Fsp3) is 0.111. The fourth-order valence-electron chi connectivity index (χ4n) is 1.18. The quantitative estimate of drug-likeness (QED) is 0.723. The van der Waals surface area contributed by atoms with Gasteiger partial charge >= 0.3 is 5.76 Å². The van der Waals surface area contributed by atoms with E-state index in [-0.39, 0.29) is 5.75 Å². The Morgan fingerprint density at radius 1 is 1.43 bits per heavy atom. The van der Waals surface area contributed by atoms with E-state index < -0.39 is 5.76 Å². The van der Waals surface area contributed by atoms with Crippen LogP contribution >= 0.6 is 0 Å². The first-order valence-corrected chi connectivity index (χ1v) is 4.01. The maximum Gasteiger partial charge on any atom is 0.441 e. The number of phenolic OH excluding ortho intramolecular Hbond substituents is 1. The van der Waals surface area contributed by atoms with Gasteiger partial charge in [0, 0.05) is 7.05 Å². The normalized spacial score (nSPS) is 10.4. The molecule has 0 aliphatic carbocycles. The van der Waals surface area contributed by atoms with Crippen LogP contribution < -0.4 is 5.76 Å². The zero-order valence-electron chi connectivity index (χ0n) is 7.47. The number of benzene rings is 1. The van der Waals surface area contributed by atoms with Gasteiger partial charge in [-0.3, -0.25) is 9.09 Å². The lowest BCUT2D eigenvalue weighted by atomic mass is 10.2. The van der Waals surface area contributed by atoms with Crippen molar-refractivity contribution in [1.82, 2.24) is 9.72 Å². The molecule has 0 fully saturated rings. The summed E-state index contributed by atoms with van der Waals surface area (Å²) in [5, 5.41) is 13.1. The van der Waals surface area contributed by atoms with E-state index in [1.807, 2.05) is 0 Å². The highest BCUT2D eigenvalue weighted by Crippen LogP contribution is 2.25. The highest BCUT2D eigenvalue weighted by atomic mass is 16.5. The lowest BCUT2D eigenvalue weighted by molar-refractivity contribution is 0.380. The van der Waals surface area contributed by atoms with Crippen molar-refractivity contribution in [2.75, 3.05) is 0 Å². The lowest BCUT2D eigenvalue weighted by Gasteiger charge is -2.00. The topological polar surface area (TPSA) is 68.3 Å². The lowest BCUT2D eigenvalue weighted by Crippen LogP contribution is -2.10. The molecule has 5 heteroatoms. The summed E-state index contributed by atoms with van der Waals surface area (Å²) in [6.45, 7) is 0. The second-order valence-corrected chi connectivity index (χ2v) is 2.85. The Labute approximate surface area is 79.2 Å². The number of hydrogen-bond acceptors (Lipinski definition) is 4. The number of para-hydroxylation sites is 1. The van der Waals surface area contributed by atoms with E-state index in [9.17, 15) is 9.90 Å². The van der Waals surface area contributed by atoms with E-state index in [1.165, 1.54) is 17.7 Å². The monoisotopic (exact) mass is 192 g/mol. The molecule has 0 bridgehead atoms. The van der Waals surface area contributed by atoms with Gasteiger partial charge < -0.3 is 5.11 Å². The molecule has 14 heavy (non-hydrogen) atoms. The molecule has 1 aromatic carbocycles. The smallest absolute Gasteiger partial charge is 0.441 e. The average Bonchev–Trinajstić information content (AvgIpc) is 2.49. The Kier molecular flexibility index (Phi) is 1.85. The molecule has 0 radical (unpaired) electrons. The third kappa shape index (κ3) is 1.19. The Hall–Kier alpha value is -2.04. The van der Waals surface area contributed by atoms with Crippen molar-refractivity contribution in [2.45, 2.75) is 0 Å². The van der Waals surface area contributed by atoms with Crippen LogP contribution in [0, 0.1) is 0 Å². The molecule has 0 amide bonds. The van der Waals surface area contributed by atoms with Crippen molar-refractivity contribution in [3.63, 3.8) is 0 Å². The molecule has 0 saturated heterocycles. The number of aromatic hydroxyl groups is 1. The second-order valence-electron chi connectivity index (χ2n) is 2.85. The Balaban J connectivity index is 2.66. The first-order valence-electron chi connectivity index (χ1n) is 4.01. The molecule has 0 atom stereocenters. The molecule has 5 nitrogen and oxygen atoms in total. The molecular weight excluding hydrogens is 184 g/mol. The third-order valence-corrected chi connectivity index (χ3v) is 1.95. The number of hydrogen-bond donors (Lipinski definition) is 1. The van der Waals surface area contributed by atoms with Crippen molar-refractivity contribution >= 4 is 0 Å². The van der Waals surface area contributed by atoms with Gasteiger partial charge in [0.1, 0.15) is 5.75 Å². The molecule has 0 aliphatic heterocycles. The number of nitrogens with zero attached hydrogens (tertiary/aromatic N) is 2. The Morgan fingerprint density at radius 3 is 2.71 bits per heavy atom. The molecule has 1 heterocycles. The highest BCUT2D eigenvalue weighted by molar-refractivity contribution is 5.62. The first kappa shape index (κ1) is 8.55. The number of rotatable bonds is 1. The minimum atomic E-state index is -0.553. The first-order chi connectivity index (χ1) is 6.70. The van der Waals surface area contributed by atoms with Crippen LogP contribution in [0.25, 0.3) is 11.4 Å². The number of phenols is 1. The molecule has 1 N–H and O–H groups in total. The zero-order valence-corrected chi connectivity index (χ0v) is 7.47. The van der Waals surface area contributed by atoms with Crippen LogP contribution in [0.2, 0.25) is 0 Å². The molecule has 1 aromatic heterocycles. The minimum absolute atomic E-state index is 0.0661. The molecule has 0 saturated carbocycles. The van der Waals surface area contributed by atoms with E-state index in [2.05, 4.69) is 9.68 Å². The fourth-order valence-corrected chi connectivity index (χ4v) is 1.18. The van der Waals surface area contributed by atoms with Crippen molar-refractivity contribution in [2.24, 2.45) is 7.05 Å². The van der Waals surface area contributed by atoms with Gasteiger partial charge in [0.05, 0.1) is 5.56 Å². The van der Waals surface area contributed by atoms with Crippen LogP contribution in [0.4, 0.5) is 0 Å². The van der Waals surface area contributed by atoms with Crippen LogP contribution in [0.15, 0.2) is 33.6 Å². The summed E-state index contributed by atoms with van der Waals surface area (Å²) in [6, 6.07) is 6.62. The minimum Gasteiger partial charge on any atom is -0.507 e. The zero-order chi connectivity index (χ0) is 10.1. The van der Waals surface area contributed by atoms with Gasteiger partial charge in [-0.2, -0.15) is 0 Å². The molecule has 0 unspecified atom stereocenters. The van der Waals surface area contributed by atoms with Gasteiger partial charge in [0.25, 0.3) is 0 Å². The Morgan fingerprint density at radius 2 is 2.14 bits per heavy atom. The predicted molar refractivity (Wildman–Crippen MR) is 48.8 cm³/mol. The standard InChI is InChI=1S/C9H8N2O3/c1-11-8(10-14-9(11)13)6-4-2-3-5-7(6)12/h2-5,12H,1H3. The molecule has 2 rings (SSSR count). The summed E-state index contributed by atoms with van der Waals surface area (Å²) in [7, 11) is 1.53. The van der Waals surface area contributed by atoms with Crippen LogP contribution in [-0.4, -0.2) is 14.8 Å². The van der Waals surface area contributed by atoms with Gasteiger partial charge in [-0.15, -0.1) is 0 Å². The van der Waals surface area contributed by atoms with Crippen molar-refractivity contribution < 1.29 is 9.63 Å². The summed E-state index contributed by atoms with van der Waals surface area (Å²) in [5.74, 6) is -0.173. The predicted octanol–water partition coefficient (Wildman–Crippen LogP) is 0.746. The number of aromatic nitrogens is 2. The van der Waals surface area contributed by atoms with E-state index in [1.54, 1.807) is 18.2 Å². The van der Waals surface area contributed by atoms with Crippen LogP contribution in [0.3, 0.4) is 0 Å². The van der Waals surface area contributed by atoms with Gasteiger partial charge in [0.15, 0.2) is 5.82 Å². The molecule has 0 aliphatic rings. The molecule has 72 valence electrons. The maximum absolute atomic E-state index is 11.0. The van der Waals surface area contributed by atoms with E-state index >= 15 is 0 Å². The van der Waals surface area contributed by atoms with Crippen molar-refractivity contribution in [1.29, 1.82) is 0 Å². The summed E-state index contributed by atoms with van der Waals surface area (Å²) in [4.78, 5) is 11.0. The summed E-state index contributed by atoms with van der Waals surface area (Å²) in [6.07, 6.45) is 0. The highest BCUT2D eigenvalue weighted by Gasteiger charge is 2.11. The van der Waals surface area contributed by atoms with Crippen LogP contribution in [0.1, 0.15) is 0 Å². The SMILES string of the molecule is Cn1c(-c2ccccc2O)noc1=O. The van der Waals surface area contributed by atoms with Gasteiger partial charge in [-0.1, -0.05) is 17.3 Å². The van der Waals surface area contributed by atoms with E-state index in [0.717, 1.165) is 0 Å². The summed E-state index contributed by atoms with van der Waals surface area (Å²) in [5.41, 5.74) is 0.473. The van der Waals surface area contributed by atoms with Crippen LogP contribution in [-0.2, 0) is 7.05 Å². The van der Waals surface area contributed by atoms with Crippen molar-refractivity contribution in [3.05, 3.63) is 34.8 Å². The Bertz CT molecular complexity index is 513. The molecular formula is C9H8N2O3. The van der Waals surface area contributed by atoms with E-state index in [0.29, 0.717) is 11.4 Å². The van der Waals surface area contributed by atoms with Crippen LogP contribution in [0.5, 0.6) is 5.75 Å². The van der Waals surface area contributed by atoms with Gasteiger partial charge in [0.2, 0.25) is 0 Å². The largest absolute Gasteiger partial charge is 0.507 e. The second kappa shape index (κ2) is 3.02. The average molecular weight is 192 g/mol. The van der Waals surface area contributed by atoms with Gasteiger partial charge in [-0.25, -0.2) is 4.79 Å². The molecule has 2 aromatic rings. The summed E-state index contributed by atoms with van der Waals surface area (Å²) >= 11 is 0. The molecule has 0 spiro atoms. The van der Waals surface area contributed by atoms with Crippen molar-refractivity contribution in [3.8, 4) is 17.1 Å².